The minimum atomic E-state index is 0.103. The molecule has 0 radical (unpaired) electrons. The van der Waals surface area contributed by atoms with E-state index in [0.717, 1.165) is 13.0 Å². The zero-order valence-electron chi connectivity index (χ0n) is 10.8. The van der Waals surface area contributed by atoms with Crippen molar-refractivity contribution in [3.8, 4) is 0 Å². The summed E-state index contributed by atoms with van der Waals surface area (Å²) in [4.78, 5) is 12.2. The molecule has 4 nitrogen and oxygen atoms in total. The van der Waals surface area contributed by atoms with Crippen molar-refractivity contribution >= 4 is 17.4 Å². The van der Waals surface area contributed by atoms with Crippen LogP contribution in [0.3, 0.4) is 0 Å². The summed E-state index contributed by atoms with van der Waals surface area (Å²) in [5.41, 5.74) is 0.565. The molecular formula is C13H20ClN3O. The Labute approximate surface area is 113 Å². The number of ketones is 1. The number of nitrogens with one attached hydrogen (secondary N) is 1. The maximum Gasteiger partial charge on any atom is 0.182 e. The molecule has 1 aromatic rings. The molecule has 0 saturated carbocycles. The molecule has 1 aliphatic rings. The maximum atomic E-state index is 12.2. The highest BCUT2D eigenvalue weighted by atomic mass is 35.5. The van der Waals surface area contributed by atoms with Gasteiger partial charge in [0.05, 0.1) is 11.2 Å². The molecule has 0 spiro atoms. The number of rotatable bonds is 5. The molecule has 1 saturated heterocycles. The highest BCUT2D eigenvalue weighted by Crippen LogP contribution is 2.19. The zero-order valence-corrected chi connectivity index (χ0v) is 11.5. The number of hydrogen-bond acceptors (Lipinski definition) is 3. The summed E-state index contributed by atoms with van der Waals surface area (Å²) in [6, 6.07) is 0.486. The number of halogens is 1. The molecule has 0 bridgehead atoms. The maximum absolute atomic E-state index is 12.2. The quantitative estimate of drug-likeness (QED) is 0.836. The van der Waals surface area contributed by atoms with E-state index in [1.165, 1.54) is 19.3 Å². The van der Waals surface area contributed by atoms with E-state index >= 15 is 0 Å². The van der Waals surface area contributed by atoms with Gasteiger partial charge in [-0.05, 0) is 32.7 Å². The molecular weight excluding hydrogens is 250 g/mol. The Bertz CT molecular complexity index is 410. The van der Waals surface area contributed by atoms with E-state index in [0.29, 0.717) is 29.7 Å². The van der Waals surface area contributed by atoms with E-state index in [1.807, 2.05) is 6.92 Å². The van der Waals surface area contributed by atoms with Crippen molar-refractivity contribution in [2.45, 2.75) is 51.6 Å². The van der Waals surface area contributed by atoms with Crippen LogP contribution in [0, 0.1) is 0 Å². The lowest BCUT2D eigenvalue weighted by molar-refractivity contribution is 0.0964. The van der Waals surface area contributed by atoms with Gasteiger partial charge in [0, 0.05) is 19.0 Å². The highest BCUT2D eigenvalue weighted by Gasteiger charge is 2.19. The van der Waals surface area contributed by atoms with Gasteiger partial charge in [-0.3, -0.25) is 9.48 Å². The number of carbonyl (C=O) groups excluding carboxylic acids is 1. The summed E-state index contributed by atoms with van der Waals surface area (Å²) in [6.45, 7) is 3.71. The van der Waals surface area contributed by atoms with Gasteiger partial charge in [0.2, 0.25) is 0 Å². The van der Waals surface area contributed by atoms with Crippen molar-refractivity contribution < 1.29 is 4.79 Å². The van der Waals surface area contributed by atoms with Crippen LogP contribution in [0.25, 0.3) is 0 Å². The molecule has 1 aliphatic heterocycles. The predicted molar refractivity (Wildman–Crippen MR) is 72.1 cm³/mol. The number of hydrogen-bond donors (Lipinski definition) is 1. The molecule has 1 aromatic heterocycles. The van der Waals surface area contributed by atoms with Crippen molar-refractivity contribution in [3.05, 3.63) is 16.9 Å². The minimum Gasteiger partial charge on any atom is -0.314 e. The lowest BCUT2D eigenvalue weighted by Gasteiger charge is -2.23. The van der Waals surface area contributed by atoms with Crippen molar-refractivity contribution in [1.29, 1.82) is 0 Å². The first-order chi connectivity index (χ1) is 8.72. The van der Waals surface area contributed by atoms with Crippen molar-refractivity contribution in [2.24, 2.45) is 0 Å². The van der Waals surface area contributed by atoms with Crippen LogP contribution in [-0.2, 0) is 6.54 Å². The Hall–Kier alpha value is -0.870. The third-order valence-electron chi connectivity index (χ3n) is 3.49. The topological polar surface area (TPSA) is 46.9 Å². The predicted octanol–water partition coefficient (Wildman–Crippen LogP) is 2.66. The van der Waals surface area contributed by atoms with E-state index in [1.54, 1.807) is 10.9 Å². The lowest BCUT2D eigenvalue weighted by Crippen LogP contribution is -2.34. The Balaban J connectivity index is 1.92. The molecule has 1 unspecified atom stereocenters. The van der Waals surface area contributed by atoms with Crippen LogP contribution in [0.2, 0.25) is 5.02 Å². The van der Waals surface area contributed by atoms with E-state index in [4.69, 9.17) is 11.6 Å². The lowest BCUT2D eigenvalue weighted by atomic mass is 9.99. The summed E-state index contributed by atoms with van der Waals surface area (Å²) < 4.78 is 1.68. The van der Waals surface area contributed by atoms with Crippen LogP contribution in [0.4, 0.5) is 0 Å². The molecule has 18 heavy (non-hydrogen) atoms. The van der Waals surface area contributed by atoms with Gasteiger partial charge in [-0.25, -0.2) is 0 Å². The van der Waals surface area contributed by atoms with Crippen LogP contribution in [0.1, 0.15) is 49.5 Å². The number of carbonyl (C=O) groups is 1. The molecule has 100 valence electrons. The largest absolute Gasteiger partial charge is 0.314 e. The van der Waals surface area contributed by atoms with Crippen molar-refractivity contribution in [1.82, 2.24) is 15.1 Å². The first-order valence-corrected chi connectivity index (χ1v) is 7.08. The summed E-state index contributed by atoms with van der Waals surface area (Å²) in [7, 11) is 0. The van der Waals surface area contributed by atoms with E-state index < -0.39 is 0 Å². The van der Waals surface area contributed by atoms with Crippen molar-refractivity contribution in [3.63, 3.8) is 0 Å². The van der Waals surface area contributed by atoms with Crippen LogP contribution in [-0.4, -0.2) is 28.2 Å². The number of aryl methyl sites for hydroxylation is 1. The average molecular weight is 270 g/mol. The fourth-order valence-corrected chi connectivity index (χ4v) is 2.72. The zero-order chi connectivity index (χ0) is 13.0. The summed E-state index contributed by atoms with van der Waals surface area (Å²) in [5.74, 6) is 0.103. The molecule has 0 aliphatic carbocycles. The second kappa shape index (κ2) is 6.34. The van der Waals surface area contributed by atoms with Crippen LogP contribution < -0.4 is 5.32 Å². The van der Waals surface area contributed by atoms with Gasteiger partial charge in [0.1, 0.15) is 5.69 Å². The average Bonchev–Trinajstić information content (AvgIpc) is 2.78. The Morgan fingerprint density at radius 2 is 2.44 bits per heavy atom. The molecule has 2 heterocycles. The minimum absolute atomic E-state index is 0.103. The summed E-state index contributed by atoms with van der Waals surface area (Å²) in [6.07, 6.45) is 6.68. The monoisotopic (exact) mass is 269 g/mol. The second-order valence-corrected chi connectivity index (χ2v) is 5.17. The first kappa shape index (κ1) is 13.6. The SMILES string of the molecule is CCn1ncc(Cl)c1C(=O)CCC1CCCCN1. The van der Waals surface area contributed by atoms with Crippen LogP contribution >= 0.6 is 11.6 Å². The van der Waals surface area contributed by atoms with E-state index in [-0.39, 0.29) is 5.78 Å². The molecule has 0 amide bonds. The second-order valence-electron chi connectivity index (χ2n) is 4.77. The third-order valence-corrected chi connectivity index (χ3v) is 3.77. The van der Waals surface area contributed by atoms with Gasteiger partial charge < -0.3 is 5.32 Å². The Kier molecular flexibility index (Phi) is 4.78. The van der Waals surface area contributed by atoms with E-state index in [9.17, 15) is 4.79 Å². The molecule has 1 atom stereocenters. The first-order valence-electron chi connectivity index (χ1n) is 6.70. The number of piperidine rings is 1. The van der Waals surface area contributed by atoms with E-state index in [2.05, 4.69) is 10.4 Å². The highest BCUT2D eigenvalue weighted by molar-refractivity contribution is 6.33. The van der Waals surface area contributed by atoms with Crippen LogP contribution in [0.5, 0.6) is 0 Å². The van der Waals surface area contributed by atoms with Crippen LogP contribution in [0.15, 0.2) is 6.20 Å². The number of Topliss-reactive ketones (excluding diaryl/α,β-unsaturated/α-hetero) is 1. The molecule has 1 N–H and O–H groups in total. The fourth-order valence-electron chi connectivity index (χ4n) is 2.47. The Morgan fingerprint density at radius 1 is 1.61 bits per heavy atom. The molecule has 0 aromatic carbocycles. The van der Waals surface area contributed by atoms with Gasteiger partial charge in [0.15, 0.2) is 5.78 Å². The number of aromatic nitrogens is 2. The normalized spacial score (nSPS) is 20.0. The third kappa shape index (κ3) is 3.12. The van der Waals surface area contributed by atoms with Crippen molar-refractivity contribution in [2.75, 3.05) is 6.54 Å². The van der Waals surface area contributed by atoms with Gasteiger partial charge in [0.25, 0.3) is 0 Å². The summed E-state index contributed by atoms with van der Waals surface area (Å²) in [5, 5.41) is 8.02. The molecule has 1 fully saturated rings. The van der Waals surface area contributed by atoms with Gasteiger partial charge in [-0.1, -0.05) is 18.0 Å². The Morgan fingerprint density at radius 3 is 3.11 bits per heavy atom. The number of nitrogens with zero attached hydrogens (tertiary/aromatic N) is 2. The molecule has 5 heteroatoms. The van der Waals surface area contributed by atoms with Gasteiger partial charge in [-0.15, -0.1) is 0 Å². The standard InChI is InChI=1S/C13H20ClN3O/c1-2-17-13(11(14)9-16-17)12(18)7-6-10-5-3-4-8-15-10/h9-10,15H,2-8H2,1H3. The molecule has 2 rings (SSSR count). The smallest absolute Gasteiger partial charge is 0.182 e. The van der Waals surface area contributed by atoms with Gasteiger partial charge in [-0.2, -0.15) is 5.10 Å². The van der Waals surface area contributed by atoms with Gasteiger partial charge >= 0.3 is 0 Å². The fraction of sp³-hybridized carbons (Fsp3) is 0.692. The summed E-state index contributed by atoms with van der Waals surface area (Å²) >= 11 is 6.02.